The first kappa shape index (κ1) is 11.8. The zero-order valence-corrected chi connectivity index (χ0v) is 11.8. The monoisotopic (exact) mass is 255 g/mol. The molecule has 1 nitrogen and oxygen atoms in total. The van der Waals surface area contributed by atoms with E-state index in [0.29, 0.717) is 0 Å². The molecular weight excluding hydrogens is 230 g/mol. The largest absolute Gasteiger partial charge is 0.372 e. The standard InChI is InChI=1S/C18H25N/c1-2-4-17(5-3-1)19-10-8-15(9-11-19)18-13-14-6-7-16(18)12-14/h1-5,14-16,18H,6-13H2. The second-order valence-electron chi connectivity index (χ2n) is 7.00. The Bertz CT molecular complexity index is 419. The fourth-order valence-corrected chi connectivity index (χ4v) is 5.10. The molecule has 2 bridgehead atoms. The van der Waals surface area contributed by atoms with Crippen molar-refractivity contribution in [2.45, 2.75) is 38.5 Å². The second-order valence-corrected chi connectivity index (χ2v) is 7.00. The molecule has 1 heterocycles. The van der Waals surface area contributed by atoms with Gasteiger partial charge >= 0.3 is 0 Å². The normalized spacial score (nSPS) is 34.9. The van der Waals surface area contributed by atoms with Crippen LogP contribution in [0.3, 0.4) is 0 Å². The van der Waals surface area contributed by atoms with Gasteiger partial charge in [0.05, 0.1) is 0 Å². The van der Waals surface area contributed by atoms with E-state index < -0.39 is 0 Å². The number of para-hydroxylation sites is 1. The van der Waals surface area contributed by atoms with Gasteiger partial charge in [0.2, 0.25) is 0 Å². The number of hydrogen-bond donors (Lipinski definition) is 0. The molecule has 0 aromatic heterocycles. The maximum atomic E-state index is 2.59. The average Bonchev–Trinajstić information content (AvgIpc) is 3.11. The van der Waals surface area contributed by atoms with E-state index in [-0.39, 0.29) is 0 Å². The molecule has 102 valence electrons. The Labute approximate surface area is 117 Å². The van der Waals surface area contributed by atoms with Crippen molar-refractivity contribution in [3.05, 3.63) is 30.3 Å². The van der Waals surface area contributed by atoms with Crippen molar-refractivity contribution in [3.63, 3.8) is 0 Å². The number of rotatable bonds is 2. The minimum Gasteiger partial charge on any atom is -0.372 e. The molecule has 1 saturated heterocycles. The lowest BCUT2D eigenvalue weighted by atomic mass is 9.75. The van der Waals surface area contributed by atoms with Crippen LogP contribution in [-0.4, -0.2) is 13.1 Å². The SMILES string of the molecule is c1ccc(N2CCC(C3CC4CCC3C4)CC2)cc1. The van der Waals surface area contributed by atoms with E-state index in [2.05, 4.69) is 35.2 Å². The molecule has 0 amide bonds. The van der Waals surface area contributed by atoms with E-state index >= 15 is 0 Å². The highest BCUT2D eigenvalue weighted by molar-refractivity contribution is 5.46. The van der Waals surface area contributed by atoms with Gasteiger partial charge in [-0.05, 0) is 67.9 Å². The fraction of sp³-hybridized carbons (Fsp3) is 0.667. The van der Waals surface area contributed by atoms with Crippen molar-refractivity contribution >= 4 is 5.69 Å². The van der Waals surface area contributed by atoms with E-state index in [1.54, 1.807) is 25.7 Å². The summed E-state index contributed by atoms with van der Waals surface area (Å²) >= 11 is 0. The van der Waals surface area contributed by atoms with Gasteiger partial charge in [-0.25, -0.2) is 0 Å². The Balaban J connectivity index is 1.38. The first-order valence-electron chi connectivity index (χ1n) is 8.20. The maximum absolute atomic E-state index is 2.59. The Morgan fingerprint density at radius 1 is 0.789 bits per heavy atom. The number of piperidine rings is 1. The molecule has 1 aromatic carbocycles. The number of anilines is 1. The van der Waals surface area contributed by atoms with Gasteiger partial charge in [-0.3, -0.25) is 0 Å². The van der Waals surface area contributed by atoms with Gasteiger partial charge in [-0.15, -0.1) is 0 Å². The van der Waals surface area contributed by atoms with Gasteiger partial charge in [0.15, 0.2) is 0 Å². The summed E-state index contributed by atoms with van der Waals surface area (Å²) in [5.74, 6) is 4.35. The van der Waals surface area contributed by atoms with E-state index in [0.717, 1.165) is 23.7 Å². The highest BCUT2D eigenvalue weighted by Gasteiger charge is 2.43. The quantitative estimate of drug-likeness (QED) is 0.760. The third-order valence-electron chi connectivity index (χ3n) is 6.06. The van der Waals surface area contributed by atoms with Crippen LogP contribution in [0.1, 0.15) is 38.5 Å². The van der Waals surface area contributed by atoms with Gasteiger partial charge in [0.1, 0.15) is 0 Å². The van der Waals surface area contributed by atoms with Gasteiger partial charge in [0, 0.05) is 18.8 Å². The first-order valence-corrected chi connectivity index (χ1v) is 8.20. The summed E-state index contributed by atoms with van der Waals surface area (Å²) in [5.41, 5.74) is 1.42. The van der Waals surface area contributed by atoms with Crippen molar-refractivity contribution in [1.82, 2.24) is 0 Å². The number of fused-ring (bicyclic) bond motifs is 2. The Morgan fingerprint density at radius 2 is 1.58 bits per heavy atom. The van der Waals surface area contributed by atoms with Gasteiger partial charge in [-0.1, -0.05) is 24.6 Å². The third kappa shape index (κ3) is 2.17. The van der Waals surface area contributed by atoms with E-state index in [4.69, 9.17) is 0 Å². The zero-order chi connectivity index (χ0) is 12.7. The molecule has 0 spiro atoms. The van der Waals surface area contributed by atoms with Crippen LogP contribution in [0.2, 0.25) is 0 Å². The topological polar surface area (TPSA) is 3.24 Å². The summed E-state index contributed by atoms with van der Waals surface area (Å²) in [6.07, 6.45) is 9.11. The summed E-state index contributed by atoms with van der Waals surface area (Å²) < 4.78 is 0. The van der Waals surface area contributed by atoms with Crippen molar-refractivity contribution < 1.29 is 0 Å². The molecule has 1 aliphatic heterocycles. The highest BCUT2D eigenvalue weighted by atomic mass is 15.1. The minimum atomic E-state index is 1.04. The van der Waals surface area contributed by atoms with Gasteiger partial charge in [0.25, 0.3) is 0 Å². The van der Waals surface area contributed by atoms with Crippen LogP contribution in [0.5, 0.6) is 0 Å². The summed E-state index contributed by atoms with van der Waals surface area (Å²) in [4.78, 5) is 2.59. The third-order valence-corrected chi connectivity index (χ3v) is 6.06. The number of benzene rings is 1. The summed E-state index contributed by atoms with van der Waals surface area (Å²) in [6.45, 7) is 2.56. The van der Waals surface area contributed by atoms with Crippen molar-refractivity contribution in [2.75, 3.05) is 18.0 Å². The molecule has 2 saturated carbocycles. The predicted molar refractivity (Wildman–Crippen MR) is 80.3 cm³/mol. The lowest BCUT2D eigenvalue weighted by molar-refractivity contribution is 0.195. The van der Waals surface area contributed by atoms with Gasteiger partial charge in [-0.2, -0.15) is 0 Å². The fourth-order valence-electron chi connectivity index (χ4n) is 5.10. The first-order chi connectivity index (χ1) is 9.40. The molecule has 1 heteroatoms. The van der Waals surface area contributed by atoms with E-state index in [1.165, 1.54) is 31.6 Å². The Morgan fingerprint density at radius 3 is 2.21 bits per heavy atom. The molecule has 1 aromatic rings. The van der Waals surface area contributed by atoms with Crippen LogP contribution in [0.15, 0.2) is 30.3 Å². The lowest BCUT2D eigenvalue weighted by Gasteiger charge is -2.38. The van der Waals surface area contributed by atoms with Gasteiger partial charge < -0.3 is 4.90 Å². The van der Waals surface area contributed by atoms with Crippen LogP contribution in [0.25, 0.3) is 0 Å². The Kier molecular flexibility index (Phi) is 3.01. The number of nitrogens with zero attached hydrogens (tertiary/aromatic N) is 1. The van der Waals surface area contributed by atoms with Crippen LogP contribution in [0, 0.1) is 23.7 Å². The molecule has 3 atom stereocenters. The van der Waals surface area contributed by atoms with E-state index in [1.807, 2.05) is 0 Å². The molecule has 3 aliphatic rings. The molecule has 19 heavy (non-hydrogen) atoms. The summed E-state index contributed by atoms with van der Waals surface area (Å²) in [5, 5.41) is 0. The van der Waals surface area contributed by atoms with Crippen molar-refractivity contribution in [1.29, 1.82) is 0 Å². The number of hydrogen-bond acceptors (Lipinski definition) is 1. The smallest absolute Gasteiger partial charge is 0.0366 e. The molecular formula is C18H25N. The van der Waals surface area contributed by atoms with Crippen molar-refractivity contribution in [3.8, 4) is 0 Å². The Hall–Kier alpha value is -0.980. The molecule has 0 radical (unpaired) electrons. The summed E-state index contributed by atoms with van der Waals surface area (Å²) in [6, 6.07) is 11.0. The zero-order valence-electron chi connectivity index (χ0n) is 11.8. The minimum absolute atomic E-state index is 1.04. The summed E-state index contributed by atoms with van der Waals surface area (Å²) in [7, 11) is 0. The predicted octanol–water partition coefficient (Wildman–Crippen LogP) is 4.34. The van der Waals surface area contributed by atoms with Crippen LogP contribution in [0.4, 0.5) is 5.69 Å². The molecule has 3 fully saturated rings. The molecule has 0 N–H and O–H groups in total. The van der Waals surface area contributed by atoms with Crippen molar-refractivity contribution in [2.24, 2.45) is 23.7 Å². The molecule has 2 aliphatic carbocycles. The average molecular weight is 255 g/mol. The van der Waals surface area contributed by atoms with Crippen LogP contribution < -0.4 is 4.90 Å². The van der Waals surface area contributed by atoms with Crippen LogP contribution in [-0.2, 0) is 0 Å². The lowest BCUT2D eigenvalue weighted by Crippen LogP contribution is -2.37. The highest BCUT2D eigenvalue weighted by Crippen LogP contribution is 2.52. The molecule has 4 rings (SSSR count). The molecule has 3 unspecified atom stereocenters. The van der Waals surface area contributed by atoms with E-state index in [9.17, 15) is 0 Å². The second kappa shape index (κ2) is 4.85. The van der Waals surface area contributed by atoms with Crippen LogP contribution >= 0.6 is 0 Å². The maximum Gasteiger partial charge on any atom is 0.0366 e.